The van der Waals surface area contributed by atoms with E-state index in [0.29, 0.717) is 12.8 Å². The molecule has 0 aliphatic heterocycles. The molecule has 1 aliphatic carbocycles. The number of phosphoric ester groups is 1. The highest BCUT2D eigenvalue weighted by Crippen LogP contribution is 2.47. The van der Waals surface area contributed by atoms with Crippen molar-refractivity contribution in [1.82, 2.24) is 5.32 Å². The van der Waals surface area contributed by atoms with E-state index in [0.717, 1.165) is 32.1 Å². The lowest BCUT2D eigenvalue weighted by atomic mass is 9.85. The Balaban J connectivity index is 2.53. The number of unbranched alkanes of at least 4 members (excludes halogenated alkanes) is 25. The quantitative estimate of drug-likeness (QED) is 0.0160. The van der Waals surface area contributed by atoms with Crippen LogP contribution in [-0.4, -0.2) is 108 Å². The van der Waals surface area contributed by atoms with E-state index in [1.807, 2.05) is 6.08 Å². The van der Waals surface area contributed by atoms with Gasteiger partial charge in [-0.05, 0) is 32.1 Å². The Kier molecular flexibility index (Phi) is 35.6. The molecule has 0 spiro atoms. The molecule has 62 heavy (non-hydrogen) atoms. The summed E-state index contributed by atoms with van der Waals surface area (Å²) in [6, 6.07) is -1.27. The van der Waals surface area contributed by atoms with Gasteiger partial charge in [0.05, 0.1) is 31.3 Å². The van der Waals surface area contributed by atoms with Crippen molar-refractivity contribution in [1.29, 1.82) is 0 Å². The highest BCUT2D eigenvalue weighted by atomic mass is 31.2. The summed E-state index contributed by atoms with van der Waals surface area (Å²) in [5, 5.41) is 74.3. The van der Waals surface area contributed by atoms with E-state index in [4.69, 9.17) is 9.05 Å². The van der Waals surface area contributed by atoms with Crippen LogP contribution in [0.25, 0.3) is 0 Å². The Labute approximate surface area is 375 Å². The summed E-state index contributed by atoms with van der Waals surface area (Å²) < 4.78 is 22.8. The summed E-state index contributed by atoms with van der Waals surface area (Å²) in [5.41, 5.74) is 0. The molecule has 8 atom stereocenters. The van der Waals surface area contributed by atoms with Crippen molar-refractivity contribution in [2.24, 2.45) is 0 Å². The van der Waals surface area contributed by atoms with Gasteiger partial charge in [0.25, 0.3) is 0 Å². The largest absolute Gasteiger partial charge is 0.472 e. The molecule has 9 N–H and O–H groups in total. The molecule has 0 aromatic carbocycles. The van der Waals surface area contributed by atoms with Crippen molar-refractivity contribution in [3.8, 4) is 0 Å². The van der Waals surface area contributed by atoms with Gasteiger partial charge < -0.3 is 46.0 Å². The Morgan fingerprint density at radius 2 is 0.968 bits per heavy atom. The average molecular weight is 904 g/mol. The number of hydrogen-bond donors (Lipinski definition) is 9. The van der Waals surface area contributed by atoms with Crippen LogP contribution in [0.3, 0.4) is 0 Å². The Morgan fingerprint density at radius 3 is 1.42 bits per heavy atom. The molecule has 1 rings (SSSR count). The van der Waals surface area contributed by atoms with E-state index in [1.54, 1.807) is 12.2 Å². The zero-order valence-electron chi connectivity index (χ0n) is 38.5. The van der Waals surface area contributed by atoms with Gasteiger partial charge in [-0.25, -0.2) is 4.57 Å². The van der Waals surface area contributed by atoms with Gasteiger partial charge in [0.15, 0.2) is 0 Å². The molecule has 1 amide bonds. The second-order valence-corrected chi connectivity index (χ2v) is 18.9. The first-order valence-corrected chi connectivity index (χ1v) is 26.0. The molecular weight excluding hydrogens is 813 g/mol. The number of rotatable bonds is 40. The van der Waals surface area contributed by atoms with E-state index in [-0.39, 0.29) is 6.42 Å². The summed E-state index contributed by atoms with van der Waals surface area (Å²) in [7, 11) is -5.16. The summed E-state index contributed by atoms with van der Waals surface area (Å²) in [6.45, 7) is 3.70. The number of aliphatic hydroxyl groups is 7. The van der Waals surface area contributed by atoms with Gasteiger partial charge in [-0.1, -0.05) is 198 Å². The molecule has 364 valence electrons. The molecule has 0 radical (unpaired) electrons. The maximum Gasteiger partial charge on any atom is 0.472 e. The average Bonchev–Trinajstić information content (AvgIpc) is 3.24. The third kappa shape index (κ3) is 29.1. The maximum absolute atomic E-state index is 12.9. The van der Waals surface area contributed by atoms with Crippen molar-refractivity contribution < 1.29 is 59.0 Å². The lowest BCUT2D eigenvalue weighted by Gasteiger charge is -2.41. The highest BCUT2D eigenvalue weighted by Gasteiger charge is 2.51. The van der Waals surface area contributed by atoms with Gasteiger partial charge in [0, 0.05) is 0 Å². The van der Waals surface area contributed by atoms with Crippen LogP contribution in [0.1, 0.15) is 200 Å². The predicted molar refractivity (Wildman–Crippen MR) is 247 cm³/mol. The number of nitrogens with one attached hydrogen (secondary N) is 1. The molecule has 0 aromatic heterocycles. The molecule has 0 bridgehead atoms. The SMILES string of the molecule is CCCCCCCC/C=C\C/C=C\C(O)CC(=O)NC(COP(=O)(O)OC1C(O)C(O)C(O)C(O)C1O)C(O)/C=C/CCCCCCCCCCCCCCCCCCCCC. The number of hydrogen-bond acceptors (Lipinski definition) is 11. The van der Waals surface area contributed by atoms with Crippen molar-refractivity contribution in [3.63, 3.8) is 0 Å². The monoisotopic (exact) mass is 904 g/mol. The number of carbonyl (C=O) groups excluding carboxylic acids is 1. The number of aliphatic hydroxyl groups excluding tert-OH is 7. The normalized spacial score (nSPS) is 23.3. The minimum Gasteiger partial charge on any atom is -0.389 e. The van der Waals surface area contributed by atoms with Crippen LogP contribution in [-0.2, 0) is 18.4 Å². The van der Waals surface area contributed by atoms with E-state index in [2.05, 4.69) is 25.2 Å². The fourth-order valence-corrected chi connectivity index (χ4v) is 8.68. The van der Waals surface area contributed by atoms with Crippen LogP contribution in [0.5, 0.6) is 0 Å². The van der Waals surface area contributed by atoms with E-state index in [1.165, 1.54) is 147 Å². The van der Waals surface area contributed by atoms with Crippen LogP contribution >= 0.6 is 7.82 Å². The van der Waals surface area contributed by atoms with Gasteiger partial charge in [-0.2, -0.15) is 0 Å². The topological polar surface area (TPSA) is 226 Å². The summed E-state index contributed by atoms with van der Waals surface area (Å²) in [4.78, 5) is 23.4. The molecule has 8 unspecified atom stereocenters. The first kappa shape index (κ1) is 58.5. The summed E-state index contributed by atoms with van der Waals surface area (Å²) >= 11 is 0. The number of amides is 1. The van der Waals surface area contributed by atoms with E-state index >= 15 is 0 Å². The number of allylic oxidation sites excluding steroid dienone is 4. The van der Waals surface area contributed by atoms with Gasteiger partial charge in [-0.3, -0.25) is 13.8 Å². The van der Waals surface area contributed by atoms with Gasteiger partial charge in [0.1, 0.15) is 36.6 Å². The molecule has 0 aromatic rings. The van der Waals surface area contributed by atoms with Crippen molar-refractivity contribution in [2.75, 3.05) is 6.61 Å². The molecule has 1 aliphatic rings. The second-order valence-electron chi connectivity index (χ2n) is 17.5. The zero-order valence-corrected chi connectivity index (χ0v) is 39.4. The van der Waals surface area contributed by atoms with Gasteiger partial charge >= 0.3 is 7.82 Å². The molecule has 14 heteroatoms. The molecule has 0 heterocycles. The number of phosphoric acid groups is 1. The summed E-state index contributed by atoms with van der Waals surface area (Å²) in [5.74, 6) is -0.660. The van der Waals surface area contributed by atoms with Crippen molar-refractivity contribution in [3.05, 3.63) is 36.5 Å². The number of carbonyl (C=O) groups is 1. The lowest BCUT2D eigenvalue weighted by Crippen LogP contribution is -2.64. The molecule has 13 nitrogen and oxygen atoms in total. The van der Waals surface area contributed by atoms with Crippen molar-refractivity contribution in [2.45, 2.75) is 255 Å². The van der Waals surface area contributed by atoms with Crippen LogP contribution in [0.4, 0.5) is 0 Å². The fourth-order valence-electron chi connectivity index (χ4n) is 7.71. The molecule has 1 saturated carbocycles. The third-order valence-corrected chi connectivity index (χ3v) is 12.7. The molecule has 1 fully saturated rings. The maximum atomic E-state index is 12.9. The smallest absolute Gasteiger partial charge is 0.389 e. The third-order valence-electron chi connectivity index (χ3n) is 11.7. The van der Waals surface area contributed by atoms with E-state index < -0.39 is 75.2 Å². The van der Waals surface area contributed by atoms with Gasteiger partial charge in [0.2, 0.25) is 5.91 Å². The first-order valence-electron chi connectivity index (χ1n) is 24.5. The standard InChI is InChI=1S/C48H90NO12P/c1-3-5-7-9-11-13-15-16-17-18-19-20-21-22-23-24-26-28-30-32-34-36-41(51)40(38-60-62(58,59)61-48-46(56)44(54)43(53)45(55)47(48)57)49-42(52)37-39(50)35-33-31-29-27-25-14-12-10-8-6-4-2/h27,29,33-36,39-41,43-48,50-51,53-57H,3-26,28,30-32,37-38H2,1-2H3,(H,49,52)(H,58,59)/b29-27-,35-33-,36-34+. The fraction of sp³-hybridized carbons (Fsp3) is 0.854. The minimum atomic E-state index is -5.16. The predicted octanol–water partition coefficient (Wildman–Crippen LogP) is 8.53. The Hall–Kier alpha value is -1.48. The molecule has 0 saturated heterocycles. The Morgan fingerprint density at radius 1 is 0.565 bits per heavy atom. The molecular formula is C48H90NO12P. The van der Waals surface area contributed by atoms with Crippen LogP contribution in [0.2, 0.25) is 0 Å². The van der Waals surface area contributed by atoms with Crippen LogP contribution in [0, 0.1) is 0 Å². The van der Waals surface area contributed by atoms with Gasteiger partial charge in [-0.15, -0.1) is 0 Å². The first-order chi connectivity index (χ1) is 29.8. The van der Waals surface area contributed by atoms with Crippen LogP contribution in [0.15, 0.2) is 36.5 Å². The zero-order chi connectivity index (χ0) is 45.9. The van der Waals surface area contributed by atoms with E-state index in [9.17, 15) is 50.0 Å². The van der Waals surface area contributed by atoms with Crippen molar-refractivity contribution >= 4 is 13.7 Å². The minimum absolute atomic E-state index is 0.351. The highest BCUT2D eigenvalue weighted by molar-refractivity contribution is 7.47. The lowest BCUT2D eigenvalue weighted by molar-refractivity contribution is -0.220. The Bertz CT molecular complexity index is 1200. The summed E-state index contributed by atoms with van der Waals surface area (Å²) in [6.07, 6.45) is 29.8. The second kappa shape index (κ2) is 37.7. The van der Waals surface area contributed by atoms with Crippen LogP contribution < -0.4 is 5.32 Å².